The summed E-state index contributed by atoms with van der Waals surface area (Å²) in [6, 6.07) is 3.61. The van der Waals surface area contributed by atoms with Crippen molar-refractivity contribution in [1.29, 1.82) is 0 Å². The quantitative estimate of drug-likeness (QED) is 0.675. The van der Waals surface area contributed by atoms with E-state index in [0.717, 1.165) is 17.0 Å². The van der Waals surface area contributed by atoms with Gasteiger partial charge in [-0.05, 0) is 41.9 Å². The fraction of sp³-hybridized carbons (Fsp3) is 0.250. The number of hydrogen-bond donors (Lipinski definition) is 0. The summed E-state index contributed by atoms with van der Waals surface area (Å²) in [5.74, 6) is 1.02. The highest BCUT2D eigenvalue weighted by molar-refractivity contribution is 9.10. The summed E-state index contributed by atoms with van der Waals surface area (Å²) >= 11 is 3.38. The summed E-state index contributed by atoms with van der Waals surface area (Å²) in [6.45, 7) is 4.02. The second-order valence-corrected chi connectivity index (χ2v) is 6.40. The molecule has 122 valence electrons. The fourth-order valence-corrected chi connectivity index (χ4v) is 3.14. The van der Waals surface area contributed by atoms with E-state index in [-0.39, 0.29) is 5.91 Å². The zero-order valence-corrected chi connectivity index (χ0v) is 14.7. The van der Waals surface area contributed by atoms with Crippen molar-refractivity contribution in [3.8, 4) is 5.75 Å². The lowest BCUT2D eigenvalue weighted by atomic mass is 10.2. The van der Waals surface area contributed by atoms with E-state index in [2.05, 4.69) is 30.9 Å². The van der Waals surface area contributed by atoms with Crippen LogP contribution in [0.1, 0.15) is 18.3 Å². The number of ether oxygens (including phenoxy) is 1. The smallest absolute Gasteiger partial charge is 0.269 e. The van der Waals surface area contributed by atoms with E-state index in [0.29, 0.717) is 22.7 Å². The highest BCUT2D eigenvalue weighted by Gasteiger charge is 2.33. The van der Waals surface area contributed by atoms with E-state index < -0.39 is 6.10 Å². The Balaban J connectivity index is 1.82. The molecule has 0 spiro atoms. The lowest BCUT2D eigenvalue weighted by molar-refractivity contribution is -0.125. The SMILES string of the molecule is Cc1nc2cnc(Br)cn2c1CN1C(=O)[C@@H](C)Oc2cccnc21. The molecule has 4 rings (SSSR count). The van der Waals surface area contributed by atoms with Crippen LogP contribution < -0.4 is 9.64 Å². The van der Waals surface area contributed by atoms with Gasteiger partial charge in [-0.25, -0.2) is 15.0 Å². The number of fused-ring (bicyclic) bond motifs is 2. The van der Waals surface area contributed by atoms with E-state index in [4.69, 9.17) is 4.74 Å². The number of rotatable bonds is 2. The van der Waals surface area contributed by atoms with Gasteiger partial charge in [0.1, 0.15) is 4.60 Å². The van der Waals surface area contributed by atoms with Gasteiger partial charge in [0.15, 0.2) is 23.3 Å². The molecule has 0 radical (unpaired) electrons. The highest BCUT2D eigenvalue weighted by Crippen LogP contribution is 2.33. The molecule has 3 aromatic heterocycles. The second kappa shape index (κ2) is 5.55. The number of hydrogen-bond acceptors (Lipinski definition) is 5. The van der Waals surface area contributed by atoms with Crippen molar-refractivity contribution in [3.63, 3.8) is 0 Å². The Hall–Kier alpha value is -2.48. The fourth-order valence-electron chi connectivity index (χ4n) is 2.83. The van der Waals surface area contributed by atoms with Gasteiger partial charge in [0, 0.05) is 12.4 Å². The van der Waals surface area contributed by atoms with Crippen LogP contribution in [0.4, 0.5) is 5.82 Å². The second-order valence-electron chi connectivity index (χ2n) is 5.59. The summed E-state index contributed by atoms with van der Waals surface area (Å²) in [6.07, 6.45) is 4.64. The van der Waals surface area contributed by atoms with Gasteiger partial charge in [-0.2, -0.15) is 0 Å². The third-order valence-corrected chi connectivity index (χ3v) is 4.42. The lowest BCUT2D eigenvalue weighted by Gasteiger charge is -2.31. The molecule has 1 amide bonds. The van der Waals surface area contributed by atoms with Gasteiger partial charge in [0.25, 0.3) is 5.91 Å². The molecule has 0 saturated heterocycles. The maximum Gasteiger partial charge on any atom is 0.269 e. The molecule has 1 aliphatic rings. The van der Waals surface area contributed by atoms with Gasteiger partial charge in [0.2, 0.25) is 0 Å². The molecule has 0 aliphatic carbocycles. The molecule has 0 saturated carbocycles. The first kappa shape index (κ1) is 15.1. The number of carbonyl (C=O) groups excluding carboxylic acids is 1. The molecular formula is C16H14BrN5O2. The Bertz CT molecular complexity index is 955. The number of imidazole rings is 1. The molecule has 1 aliphatic heterocycles. The molecule has 0 N–H and O–H groups in total. The molecule has 24 heavy (non-hydrogen) atoms. The van der Waals surface area contributed by atoms with Crippen molar-refractivity contribution in [2.45, 2.75) is 26.5 Å². The number of pyridine rings is 1. The summed E-state index contributed by atoms with van der Waals surface area (Å²) < 4.78 is 8.27. The van der Waals surface area contributed by atoms with Crippen LogP contribution in [0, 0.1) is 6.92 Å². The van der Waals surface area contributed by atoms with Crippen molar-refractivity contribution in [2.24, 2.45) is 0 Å². The zero-order chi connectivity index (χ0) is 16.8. The van der Waals surface area contributed by atoms with Crippen LogP contribution >= 0.6 is 15.9 Å². The van der Waals surface area contributed by atoms with E-state index in [1.807, 2.05) is 23.6 Å². The largest absolute Gasteiger partial charge is 0.477 e. The molecule has 8 heteroatoms. The number of halogens is 1. The van der Waals surface area contributed by atoms with Crippen molar-refractivity contribution < 1.29 is 9.53 Å². The topological polar surface area (TPSA) is 72.6 Å². The van der Waals surface area contributed by atoms with Crippen molar-refractivity contribution in [3.05, 3.63) is 46.7 Å². The van der Waals surface area contributed by atoms with E-state index >= 15 is 0 Å². The maximum atomic E-state index is 12.6. The van der Waals surface area contributed by atoms with Gasteiger partial charge in [-0.3, -0.25) is 14.1 Å². The Morgan fingerprint density at radius 2 is 2.21 bits per heavy atom. The minimum absolute atomic E-state index is 0.122. The maximum absolute atomic E-state index is 12.6. The van der Waals surface area contributed by atoms with Gasteiger partial charge >= 0.3 is 0 Å². The van der Waals surface area contributed by atoms with Crippen LogP contribution in [0.25, 0.3) is 5.65 Å². The number of carbonyl (C=O) groups is 1. The summed E-state index contributed by atoms with van der Waals surface area (Å²) in [4.78, 5) is 27.3. The van der Waals surface area contributed by atoms with Crippen LogP contribution in [0.15, 0.2) is 35.3 Å². The van der Waals surface area contributed by atoms with Crippen LogP contribution in [-0.4, -0.2) is 31.4 Å². The first-order valence-corrected chi connectivity index (χ1v) is 8.26. The molecule has 0 aromatic carbocycles. The Kier molecular flexibility index (Phi) is 3.49. The van der Waals surface area contributed by atoms with E-state index in [9.17, 15) is 4.79 Å². The van der Waals surface area contributed by atoms with Crippen molar-refractivity contribution in [1.82, 2.24) is 19.4 Å². The molecule has 0 fully saturated rings. The first-order valence-electron chi connectivity index (χ1n) is 7.46. The third kappa shape index (κ3) is 2.34. The molecular weight excluding hydrogens is 374 g/mol. The Labute approximate surface area is 146 Å². The summed E-state index contributed by atoms with van der Waals surface area (Å²) in [5.41, 5.74) is 2.49. The standard InChI is InChI=1S/C16H14BrN5O2/c1-9-11(21-8-13(17)19-6-14(21)20-9)7-22-15-12(4-3-5-18-15)24-10(2)16(22)23/h3-6,8,10H,7H2,1-2H3/t10-/m1/s1. The predicted octanol–water partition coefficient (Wildman–Crippen LogP) is 2.51. The van der Waals surface area contributed by atoms with Gasteiger partial charge in [-0.15, -0.1) is 0 Å². The van der Waals surface area contributed by atoms with E-state index in [1.54, 1.807) is 30.3 Å². The molecule has 0 unspecified atom stereocenters. The molecule has 4 heterocycles. The minimum Gasteiger partial charge on any atom is -0.477 e. The number of aryl methyl sites for hydroxylation is 1. The van der Waals surface area contributed by atoms with Crippen LogP contribution in [0.5, 0.6) is 5.75 Å². The number of aromatic nitrogens is 4. The average molecular weight is 388 g/mol. The van der Waals surface area contributed by atoms with Gasteiger partial charge in [0.05, 0.1) is 24.1 Å². The van der Waals surface area contributed by atoms with Crippen molar-refractivity contribution >= 4 is 33.3 Å². The van der Waals surface area contributed by atoms with Crippen LogP contribution in [0.2, 0.25) is 0 Å². The zero-order valence-electron chi connectivity index (χ0n) is 13.1. The Morgan fingerprint density at radius 1 is 1.38 bits per heavy atom. The lowest BCUT2D eigenvalue weighted by Crippen LogP contribution is -2.44. The number of amides is 1. The molecule has 1 atom stereocenters. The van der Waals surface area contributed by atoms with Crippen molar-refractivity contribution in [2.75, 3.05) is 4.90 Å². The van der Waals surface area contributed by atoms with Crippen LogP contribution in [-0.2, 0) is 11.3 Å². The normalized spacial score (nSPS) is 17.0. The minimum atomic E-state index is -0.547. The third-order valence-electron chi connectivity index (χ3n) is 4.01. The van der Waals surface area contributed by atoms with Gasteiger partial charge in [-0.1, -0.05) is 0 Å². The average Bonchev–Trinajstić information content (AvgIpc) is 2.87. The predicted molar refractivity (Wildman–Crippen MR) is 90.9 cm³/mol. The number of anilines is 1. The van der Waals surface area contributed by atoms with Gasteiger partial charge < -0.3 is 4.74 Å². The van der Waals surface area contributed by atoms with E-state index in [1.165, 1.54) is 0 Å². The number of nitrogens with zero attached hydrogens (tertiary/aromatic N) is 5. The van der Waals surface area contributed by atoms with Crippen LogP contribution in [0.3, 0.4) is 0 Å². The molecule has 0 bridgehead atoms. The summed E-state index contributed by atoms with van der Waals surface area (Å²) in [5, 5.41) is 0. The highest BCUT2D eigenvalue weighted by atomic mass is 79.9. The molecule has 3 aromatic rings. The summed E-state index contributed by atoms with van der Waals surface area (Å²) in [7, 11) is 0. The Morgan fingerprint density at radius 3 is 3.04 bits per heavy atom. The first-order chi connectivity index (χ1) is 11.5. The molecule has 7 nitrogen and oxygen atoms in total. The monoisotopic (exact) mass is 387 g/mol.